The highest BCUT2D eigenvalue weighted by Crippen LogP contribution is 2.39. The fourth-order valence-electron chi connectivity index (χ4n) is 2.57. The number of rotatable bonds is 3. The third kappa shape index (κ3) is 2.40. The van der Waals surface area contributed by atoms with E-state index in [1.54, 1.807) is 31.4 Å². The van der Waals surface area contributed by atoms with Crippen molar-refractivity contribution in [3.63, 3.8) is 0 Å². The van der Waals surface area contributed by atoms with Crippen molar-refractivity contribution in [2.75, 3.05) is 13.7 Å². The van der Waals surface area contributed by atoms with Crippen molar-refractivity contribution >= 4 is 5.78 Å². The van der Waals surface area contributed by atoms with E-state index in [0.29, 0.717) is 17.7 Å². The molecule has 0 atom stereocenters. The lowest BCUT2D eigenvalue weighted by atomic mass is 9.85. The Kier molecular flexibility index (Phi) is 3.20. The van der Waals surface area contributed by atoms with Crippen molar-refractivity contribution in [1.29, 1.82) is 0 Å². The normalized spacial score (nSPS) is 15.2. The third-order valence-corrected chi connectivity index (χ3v) is 3.91. The summed E-state index contributed by atoms with van der Waals surface area (Å²) >= 11 is 0. The average molecular weight is 282 g/mol. The maximum absolute atomic E-state index is 12.6. The highest BCUT2D eigenvalue weighted by atomic mass is 16.5. The van der Waals surface area contributed by atoms with E-state index >= 15 is 0 Å². The van der Waals surface area contributed by atoms with Gasteiger partial charge in [0.1, 0.15) is 11.5 Å². The predicted molar refractivity (Wildman–Crippen MR) is 81.4 cm³/mol. The van der Waals surface area contributed by atoms with Gasteiger partial charge in [0.05, 0.1) is 13.7 Å². The number of ketones is 1. The zero-order valence-corrected chi connectivity index (χ0v) is 12.5. The molecule has 0 saturated heterocycles. The van der Waals surface area contributed by atoms with Crippen LogP contribution < -0.4 is 9.47 Å². The third-order valence-electron chi connectivity index (χ3n) is 3.91. The molecule has 0 amide bonds. The summed E-state index contributed by atoms with van der Waals surface area (Å²) in [5, 5.41) is 0. The van der Waals surface area contributed by atoms with E-state index in [1.165, 1.54) is 0 Å². The Morgan fingerprint density at radius 3 is 2.43 bits per heavy atom. The van der Waals surface area contributed by atoms with Gasteiger partial charge in [-0.25, -0.2) is 0 Å². The van der Waals surface area contributed by atoms with E-state index < -0.39 is 0 Å². The highest BCUT2D eigenvalue weighted by molar-refractivity contribution is 6.09. The van der Waals surface area contributed by atoms with E-state index in [4.69, 9.17) is 9.47 Å². The van der Waals surface area contributed by atoms with Gasteiger partial charge in [-0.1, -0.05) is 13.8 Å². The molecule has 3 rings (SSSR count). The van der Waals surface area contributed by atoms with Gasteiger partial charge in [-0.2, -0.15) is 0 Å². The molecule has 0 spiro atoms. The van der Waals surface area contributed by atoms with Crippen molar-refractivity contribution in [2.24, 2.45) is 0 Å². The number of benzene rings is 2. The number of methoxy groups -OCH3 is 1. The van der Waals surface area contributed by atoms with Crippen LogP contribution in [0.3, 0.4) is 0 Å². The Morgan fingerprint density at radius 2 is 1.76 bits per heavy atom. The van der Waals surface area contributed by atoms with Crippen molar-refractivity contribution in [1.82, 2.24) is 0 Å². The topological polar surface area (TPSA) is 35.5 Å². The van der Waals surface area contributed by atoms with Gasteiger partial charge in [0, 0.05) is 22.1 Å². The molecule has 0 radical (unpaired) electrons. The first-order valence-electron chi connectivity index (χ1n) is 6.97. The summed E-state index contributed by atoms with van der Waals surface area (Å²) in [6, 6.07) is 12.8. The average Bonchev–Trinajstić information content (AvgIpc) is 2.82. The second kappa shape index (κ2) is 4.92. The minimum atomic E-state index is -0.0501. The Bertz CT molecular complexity index is 684. The summed E-state index contributed by atoms with van der Waals surface area (Å²) < 4.78 is 10.8. The number of carbonyl (C=O) groups is 1. The molecule has 0 aliphatic carbocycles. The molecule has 2 aromatic carbocycles. The van der Waals surface area contributed by atoms with Gasteiger partial charge < -0.3 is 9.47 Å². The maximum Gasteiger partial charge on any atom is 0.193 e. The number of carbonyl (C=O) groups excluding carboxylic acids is 1. The zero-order chi connectivity index (χ0) is 15.0. The Hall–Kier alpha value is -2.29. The van der Waals surface area contributed by atoms with Gasteiger partial charge in [0.25, 0.3) is 0 Å². The van der Waals surface area contributed by atoms with Crippen molar-refractivity contribution in [3.8, 4) is 11.5 Å². The van der Waals surface area contributed by atoms with E-state index in [0.717, 1.165) is 17.1 Å². The fourth-order valence-corrected chi connectivity index (χ4v) is 2.57. The predicted octanol–water partition coefficient (Wildman–Crippen LogP) is 3.60. The summed E-state index contributed by atoms with van der Waals surface area (Å²) in [4.78, 5) is 12.6. The molecular weight excluding hydrogens is 264 g/mol. The molecule has 1 aliphatic heterocycles. The summed E-state index contributed by atoms with van der Waals surface area (Å²) in [6.45, 7) is 4.91. The van der Waals surface area contributed by atoms with Crippen LogP contribution in [0.4, 0.5) is 0 Å². The second-order valence-electron chi connectivity index (χ2n) is 5.94. The molecule has 21 heavy (non-hydrogen) atoms. The lowest BCUT2D eigenvalue weighted by Crippen LogP contribution is -2.18. The number of hydrogen-bond donors (Lipinski definition) is 0. The van der Waals surface area contributed by atoms with Crippen molar-refractivity contribution < 1.29 is 14.3 Å². The summed E-state index contributed by atoms with van der Waals surface area (Å²) in [5.74, 6) is 1.64. The van der Waals surface area contributed by atoms with Crippen LogP contribution in [0, 0.1) is 0 Å². The maximum atomic E-state index is 12.6. The molecular formula is C18H18O3. The lowest BCUT2D eigenvalue weighted by molar-refractivity contribution is 0.103. The molecule has 0 unspecified atom stereocenters. The van der Waals surface area contributed by atoms with Gasteiger partial charge in [0.15, 0.2) is 5.78 Å². The van der Waals surface area contributed by atoms with Crippen molar-refractivity contribution in [2.45, 2.75) is 19.3 Å². The standard InChI is InChI=1S/C18H18O3/c1-18(2)11-21-16-9-6-13(10-15(16)18)17(19)12-4-7-14(20-3)8-5-12/h4-10H,11H2,1-3H3. The minimum absolute atomic E-state index is 0.0168. The first-order chi connectivity index (χ1) is 10.0. The first kappa shape index (κ1) is 13.7. The van der Waals surface area contributed by atoms with Gasteiger partial charge in [-0.3, -0.25) is 4.79 Å². The van der Waals surface area contributed by atoms with E-state index in [2.05, 4.69) is 13.8 Å². The van der Waals surface area contributed by atoms with E-state index in [-0.39, 0.29) is 11.2 Å². The second-order valence-corrected chi connectivity index (χ2v) is 5.94. The van der Waals surface area contributed by atoms with Crippen LogP contribution in [0.5, 0.6) is 11.5 Å². The molecule has 0 fully saturated rings. The summed E-state index contributed by atoms with van der Waals surface area (Å²) in [6.07, 6.45) is 0. The van der Waals surface area contributed by atoms with Gasteiger partial charge in [0.2, 0.25) is 0 Å². The molecule has 0 aromatic heterocycles. The monoisotopic (exact) mass is 282 g/mol. The molecule has 108 valence electrons. The van der Waals surface area contributed by atoms with Gasteiger partial charge in [-0.15, -0.1) is 0 Å². The molecule has 1 heterocycles. The number of hydrogen-bond acceptors (Lipinski definition) is 3. The van der Waals surface area contributed by atoms with E-state index in [1.807, 2.05) is 18.2 Å². The molecule has 0 saturated carbocycles. The number of fused-ring (bicyclic) bond motifs is 1. The summed E-state index contributed by atoms with van der Waals surface area (Å²) in [7, 11) is 1.61. The van der Waals surface area contributed by atoms with Crippen LogP contribution in [-0.2, 0) is 5.41 Å². The lowest BCUT2D eigenvalue weighted by Gasteiger charge is -2.15. The largest absolute Gasteiger partial charge is 0.497 e. The van der Waals surface area contributed by atoms with Crippen LogP contribution in [0.25, 0.3) is 0 Å². The van der Waals surface area contributed by atoms with Crippen LogP contribution in [0.1, 0.15) is 35.3 Å². The van der Waals surface area contributed by atoms with Gasteiger partial charge in [-0.05, 0) is 42.5 Å². The molecule has 3 nitrogen and oxygen atoms in total. The highest BCUT2D eigenvalue weighted by Gasteiger charge is 2.32. The van der Waals surface area contributed by atoms with Crippen LogP contribution in [0.15, 0.2) is 42.5 Å². The van der Waals surface area contributed by atoms with E-state index in [9.17, 15) is 4.79 Å². The fraction of sp³-hybridized carbons (Fsp3) is 0.278. The zero-order valence-electron chi connectivity index (χ0n) is 12.5. The quantitative estimate of drug-likeness (QED) is 0.807. The Balaban J connectivity index is 1.95. The SMILES string of the molecule is COc1ccc(C(=O)c2ccc3c(c2)C(C)(C)CO3)cc1. The Morgan fingerprint density at radius 1 is 1.10 bits per heavy atom. The van der Waals surface area contributed by atoms with Crippen LogP contribution in [0.2, 0.25) is 0 Å². The smallest absolute Gasteiger partial charge is 0.193 e. The molecule has 1 aliphatic rings. The Labute approximate surface area is 124 Å². The van der Waals surface area contributed by atoms with Gasteiger partial charge >= 0.3 is 0 Å². The van der Waals surface area contributed by atoms with Crippen molar-refractivity contribution in [3.05, 3.63) is 59.2 Å². The summed E-state index contributed by atoms with van der Waals surface area (Å²) in [5.41, 5.74) is 2.40. The molecule has 3 heteroatoms. The first-order valence-corrected chi connectivity index (χ1v) is 6.97. The minimum Gasteiger partial charge on any atom is -0.497 e. The van der Waals surface area contributed by atoms with Crippen LogP contribution in [-0.4, -0.2) is 19.5 Å². The molecule has 2 aromatic rings. The van der Waals surface area contributed by atoms with Crippen LogP contribution >= 0.6 is 0 Å². The number of ether oxygens (including phenoxy) is 2. The molecule has 0 N–H and O–H groups in total. The molecule has 0 bridgehead atoms.